The first kappa shape index (κ1) is 22.7. The van der Waals surface area contributed by atoms with E-state index >= 15 is 0 Å². The van der Waals surface area contributed by atoms with Crippen LogP contribution in [-0.2, 0) is 23.2 Å². The van der Waals surface area contributed by atoms with Gasteiger partial charge in [-0.1, -0.05) is 75.4 Å². The fourth-order valence-electron chi connectivity index (χ4n) is 2.78. The number of carbonyl (C=O) groups is 1. The summed E-state index contributed by atoms with van der Waals surface area (Å²) in [7, 11) is 0. The van der Waals surface area contributed by atoms with Gasteiger partial charge in [-0.25, -0.2) is 4.79 Å². The van der Waals surface area contributed by atoms with Crippen LogP contribution in [0.15, 0.2) is 54.6 Å². The number of rotatable bonds is 6. The Hall–Kier alpha value is -2.54. The lowest BCUT2D eigenvalue weighted by Gasteiger charge is -2.26. The van der Waals surface area contributed by atoms with Crippen molar-refractivity contribution in [3.63, 3.8) is 0 Å². The van der Waals surface area contributed by atoms with Crippen molar-refractivity contribution in [3.8, 4) is 0 Å². The molecule has 0 aliphatic carbocycles. The predicted molar refractivity (Wildman–Crippen MR) is 104 cm³/mol. The number of benzene rings is 2. The normalized spacial score (nSPS) is 14.2. The highest BCUT2D eigenvalue weighted by atomic mass is 19.4. The van der Waals surface area contributed by atoms with Gasteiger partial charge in [-0.2, -0.15) is 13.2 Å². The fourth-order valence-corrected chi connectivity index (χ4v) is 2.78. The van der Waals surface area contributed by atoms with Crippen LogP contribution < -0.4 is 5.32 Å². The number of aliphatic hydroxyl groups excluding tert-OH is 1. The second-order valence-electron chi connectivity index (χ2n) is 7.95. The van der Waals surface area contributed by atoms with E-state index in [1.54, 1.807) is 42.5 Å². The first-order valence-corrected chi connectivity index (χ1v) is 9.28. The quantitative estimate of drug-likeness (QED) is 0.724. The van der Waals surface area contributed by atoms with E-state index in [4.69, 9.17) is 4.74 Å². The largest absolute Gasteiger partial charge is 0.445 e. The number of ether oxygens (including phenoxy) is 1. The zero-order valence-corrected chi connectivity index (χ0v) is 16.7. The average molecular weight is 409 g/mol. The van der Waals surface area contributed by atoms with Crippen molar-refractivity contribution in [1.29, 1.82) is 0 Å². The van der Waals surface area contributed by atoms with Crippen molar-refractivity contribution in [3.05, 3.63) is 71.3 Å². The van der Waals surface area contributed by atoms with Gasteiger partial charge in [-0.15, -0.1) is 0 Å². The summed E-state index contributed by atoms with van der Waals surface area (Å²) >= 11 is 0. The number of amides is 1. The van der Waals surface area contributed by atoms with Crippen molar-refractivity contribution in [2.75, 3.05) is 0 Å². The first-order chi connectivity index (χ1) is 13.5. The number of alkyl carbamates (subject to hydrolysis) is 1. The van der Waals surface area contributed by atoms with E-state index in [2.05, 4.69) is 5.32 Å². The topological polar surface area (TPSA) is 58.6 Å². The smallest absolute Gasteiger partial charge is 0.416 e. The number of halogens is 3. The summed E-state index contributed by atoms with van der Waals surface area (Å²) in [6.45, 7) is 6.01. The van der Waals surface area contributed by atoms with E-state index in [0.717, 1.165) is 5.56 Å². The summed E-state index contributed by atoms with van der Waals surface area (Å²) in [6, 6.07) is 14.3. The summed E-state index contributed by atoms with van der Waals surface area (Å²) in [5, 5.41) is 11.9. The van der Waals surface area contributed by atoms with E-state index in [-0.39, 0.29) is 18.4 Å². The molecule has 0 saturated heterocycles. The molecular formula is C22H26F3NO3. The van der Waals surface area contributed by atoms with Gasteiger partial charge in [0.2, 0.25) is 0 Å². The van der Waals surface area contributed by atoms with Crippen molar-refractivity contribution in [2.45, 2.75) is 57.5 Å². The summed E-state index contributed by atoms with van der Waals surface area (Å²) in [6.07, 6.45) is -8.80. The SMILES string of the molecule is CC(C)(C)c1ccc(CC(NC(=O)OCc2ccccc2)C(O)C(F)(F)F)cc1. The molecule has 0 bridgehead atoms. The van der Waals surface area contributed by atoms with E-state index < -0.39 is 24.4 Å². The lowest BCUT2D eigenvalue weighted by Crippen LogP contribution is -2.51. The standard InChI is InChI=1S/C22H26F3NO3/c1-21(2,3)17-11-9-15(10-12-17)13-18(19(27)22(23,24)25)26-20(28)29-14-16-7-5-4-6-8-16/h4-12,18-19,27H,13-14H2,1-3H3,(H,26,28). The molecule has 4 nitrogen and oxygen atoms in total. The second kappa shape index (κ2) is 9.31. The Labute approximate surface area is 168 Å². The Morgan fingerprint density at radius 1 is 1.00 bits per heavy atom. The molecule has 0 spiro atoms. The molecule has 0 saturated carbocycles. The summed E-state index contributed by atoms with van der Waals surface area (Å²) in [4.78, 5) is 12.0. The minimum absolute atomic E-state index is 0.0816. The highest BCUT2D eigenvalue weighted by molar-refractivity contribution is 5.67. The summed E-state index contributed by atoms with van der Waals surface area (Å²) < 4.78 is 44.2. The van der Waals surface area contributed by atoms with Crippen LogP contribution in [0, 0.1) is 0 Å². The third-order valence-corrected chi connectivity index (χ3v) is 4.51. The molecule has 2 aromatic carbocycles. The summed E-state index contributed by atoms with van der Waals surface area (Å²) in [5.41, 5.74) is 2.20. The Bertz CT molecular complexity index is 784. The Morgan fingerprint density at radius 3 is 2.10 bits per heavy atom. The van der Waals surface area contributed by atoms with Crippen molar-refractivity contribution < 1.29 is 27.8 Å². The number of nitrogens with one attached hydrogen (secondary N) is 1. The highest BCUT2D eigenvalue weighted by Gasteiger charge is 2.44. The zero-order chi connectivity index (χ0) is 21.7. The Morgan fingerprint density at radius 2 is 1.59 bits per heavy atom. The molecule has 29 heavy (non-hydrogen) atoms. The molecule has 0 radical (unpaired) electrons. The van der Waals surface area contributed by atoms with Crippen LogP contribution >= 0.6 is 0 Å². The van der Waals surface area contributed by atoms with Crippen LogP contribution in [0.3, 0.4) is 0 Å². The maximum Gasteiger partial charge on any atom is 0.416 e. The first-order valence-electron chi connectivity index (χ1n) is 9.28. The molecule has 0 fully saturated rings. The van der Waals surface area contributed by atoms with Crippen LogP contribution in [0.1, 0.15) is 37.5 Å². The van der Waals surface area contributed by atoms with Gasteiger partial charge < -0.3 is 15.2 Å². The van der Waals surface area contributed by atoms with Gasteiger partial charge in [-0.05, 0) is 28.5 Å². The second-order valence-corrected chi connectivity index (χ2v) is 7.95. The third kappa shape index (κ3) is 7.09. The number of aliphatic hydroxyl groups is 1. The maximum atomic E-state index is 13.1. The maximum absolute atomic E-state index is 13.1. The van der Waals surface area contributed by atoms with Crippen LogP contribution in [0.5, 0.6) is 0 Å². The number of carbonyl (C=O) groups excluding carboxylic acids is 1. The molecule has 1 amide bonds. The van der Waals surface area contributed by atoms with E-state index in [0.29, 0.717) is 11.1 Å². The molecule has 158 valence electrons. The Kier molecular flexibility index (Phi) is 7.30. The number of alkyl halides is 3. The van der Waals surface area contributed by atoms with Gasteiger partial charge in [0.1, 0.15) is 6.61 Å². The zero-order valence-electron chi connectivity index (χ0n) is 16.7. The molecular weight excluding hydrogens is 383 g/mol. The van der Waals surface area contributed by atoms with Gasteiger partial charge in [0.25, 0.3) is 0 Å². The van der Waals surface area contributed by atoms with Crippen LogP contribution in [0.4, 0.5) is 18.0 Å². The van der Waals surface area contributed by atoms with Gasteiger partial charge in [0.05, 0.1) is 6.04 Å². The minimum Gasteiger partial charge on any atom is -0.445 e. The molecule has 0 aromatic heterocycles. The molecule has 2 atom stereocenters. The van der Waals surface area contributed by atoms with Gasteiger partial charge in [0, 0.05) is 0 Å². The summed E-state index contributed by atoms with van der Waals surface area (Å²) in [5.74, 6) is 0. The Balaban J connectivity index is 2.07. The van der Waals surface area contributed by atoms with Gasteiger partial charge in [-0.3, -0.25) is 0 Å². The van der Waals surface area contributed by atoms with Crippen LogP contribution in [0.25, 0.3) is 0 Å². The lowest BCUT2D eigenvalue weighted by molar-refractivity contribution is -0.211. The minimum atomic E-state index is -4.87. The van der Waals surface area contributed by atoms with E-state index in [9.17, 15) is 23.1 Å². The molecule has 2 rings (SSSR count). The number of hydrogen-bond donors (Lipinski definition) is 2. The monoisotopic (exact) mass is 409 g/mol. The van der Waals surface area contributed by atoms with Crippen LogP contribution in [-0.4, -0.2) is 29.5 Å². The molecule has 0 aliphatic heterocycles. The van der Waals surface area contributed by atoms with E-state index in [1.165, 1.54) is 0 Å². The van der Waals surface area contributed by atoms with Gasteiger partial charge in [0.15, 0.2) is 6.10 Å². The van der Waals surface area contributed by atoms with E-state index in [1.807, 2.05) is 32.9 Å². The third-order valence-electron chi connectivity index (χ3n) is 4.51. The molecule has 2 unspecified atom stereocenters. The van der Waals surface area contributed by atoms with Crippen molar-refractivity contribution in [2.24, 2.45) is 0 Å². The fraction of sp³-hybridized carbons (Fsp3) is 0.409. The van der Waals surface area contributed by atoms with Crippen molar-refractivity contribution >= 4 is 6.09 Å². The molecule has 7 heteroatoms. The molecule has 0 aliphatic rings. The lowest BCUT2D eigenvalue weighted by atomic mass is 9.86. The molecule has 2 N–H and O–H groups in total. The highest BCUT2D eigenvalue weighted by Crippen LogP contribution is 2.26. The van der Waals surface area contributed by atoms with Crippen LogP contribution in [0.2, 0.25) is 0 Å². The average Bonchev–Trinajstić information content (AvgIpc) is 2.65. The van der Waals surface area contributed by atoms with Gasteiger partial charge >= 0.3 is 12.3 Å². The molecule has 2 aromatic rings. The molecule has 0 heterocycles. The van der Waals surface area contributed by atoms with Crippen molar-refractivity contribution in [1.82, 2.24) is 5.32 Å². The predicted octanol–water partition coefficient (Wildman–Crippen LogP) is 4.74. The number of hydrogen-bond acceptors (Lipinski definition) is 3.